The topological polar surface area (TPSA) is 82.8 Å². The zero-order valence-corrected chi connectivity index (χ0v) is 10.0. The average molecular weight is 259 g/mol. The summed E-state index contributed by atoms with van der Waals surface area (Å²) in [6.07, 6.45) is 3.37. The van der Waals surface area contributed by atoms with Crippen molar-refractivity contribution in [1.82, 2.24) is 19.9 Å². The van der Waals surface area contributed by atoms with Gasteiger partial charge >= 0.3 is 0 Å². The second-order valence-corrected chi connectivity index (χ2v) is 4.06. The summed E-state index contributed by atoms with van der Waals surface area (Å²) in [6, 6.07) is 3.99. The molecule has 0 fully saturated rings. The van der Waals surface area contributed by atoms with Gasteiger partial charge in [-0.2, -0.15) is 10.1 Å². The van der Waals surface area contributed by atoms with Crippen molar-refractivity contribution in [3.63, 3.8) is 0 Å². The predicted molar refractivity (Wildman–Crippen MR) is 66.3 cm³/mol. The second-order valence-electron chi connectivity index (χ2n) is 4.06. The van der Waals surface area contributed by atoms with Crippen LogP contribution in [0.25, 0.3) is 22.8 Å². The monoisotopic (exact) mass is 259 g/mol. The van der Waals surface area contributed by atoms with E-state index in [2.05, 4.69) is 15.2 Å². The fourth-order valence-electron chi connectivity index (χ4n) is 1.70. The highest BCUT2D eigenvalue weighted by molar-refractivity contribution is 5.71. The van der Waals surface area contributed by atoms with E-state index in [0.717, 1.165) is 0 Å². The molecule has 0 saturated heterocycles. The lowest BCUT2D eigenvalue weighted by Gasteiger charge is -1.99. The minimum absolute atomic E-state index is 0.177. The fourth-order valence-corrected chi connectivity index (χ4v) is 1.70. The standard InChI is InChI=1S/C12H10FN5O/c1-18-6-7(5-15-18)11-16-12(19-17-11)9-4-8(13)2-3-10(9)14/h2-6H,14H2,1H3. The summed E-state index contributed by atoms with van der Waals surface area (Å²) in [4.78, 5) is 4.19. The van der Waals surface area contributed by atoms with Gasteiger partial charge in [0.25, 0.3) is 5.89 Å². The van der Waals surface area contributed by atoms with Crippen molar-refractivity contribution in [3.05, 3.63) is 36.4 Å². The van der Waals surface area contributed by atoms with E-state index in [4.69, 9.17) is 10.3 Å². The molecule has 0 aliphatic carbocycles. The van der Waals surface area contributed by atoms with E-state index in [1.807, 2.05) is 0 Å². The van der Waals surface area contributed by atoms with Gasteiger partial charge in [0.05, 0.1) is 17.3 Å². The van der Waals surface area contributed by atoms with Gasteiger partial charge in [0.15, 0.2) is 0 Å². The van der Waals surface area contributed by atoms with Crippen LogP contribution in [0, 0.1) is 5.82 Å². The first-order chi connectivity index (χ1) is 9.13. The van der Waals surface area contributed by atoms with E-state index in [9.17, 15) is 4.39 Å². The first kappa shape index (κ1) is 11.4. The maximum absolute atomic E-state index is 13.2. The summed E-state index contributed by atoms with van der Waals surface area (Å²) in [7, 11) is 1.79. The van der Waals surface area contributed by atoms with Gasteiger partial charge in [-0.3, -0.25) is 4.68 Å². The second kappa shape index (κ2) is 4.20. The van der Waals surface area contributed by atoms with Gasteiger partial charge in [-0.15, -0.1) is 0 Å². The third-order valence-electron chi connectivity index (χ3n) is 2.63. The lowest BCUT2D eigenvalue weighted by molar-refractivity contribution is 0.432. The summed E-state index contributed by atoms with van der Waals surface area (Å²) in [5.41, 5.74) is 7.23. The molecule has 2 aromatic heterocycles. The number of nitrogens with two attached hydrogens (primary N) is 1. The third-order valence-corrected chi connectivity index (χ3v) is 2.63. The molecule has 0 spiro atoms. The molecule has 0 saturated carbocycles. The molecule has 0 atom stereocenters. The van der Waals surface area contributed by atoms with Crippen LogP contribution >= 0.6 is 0 Å². The van der Waals surface area contributed by atoms with E-state index in [0.29, 0.717) is 22.6 Å². The van der Waals surface area contributed by atoms with Crippen LogP contribution in [0.5, 0.6) is 0 Å². The Labute approximate surface area is 107 Å². The molecule has 6 nitrogen and oxygen atoms in total. The van der Waals surface area contributed by atoms with E-state index in [-0.39, 0.29) is 5.89 Å². The molecule has 19 heavy (non-hydrogen) atoms. The van der Waals surface area contributed by atoms with Crippen molar-refractivity contribution in [1.29, 1.82) is 0 Å². The fraction of sp³-hybridized carbons (Fsp3) is 0.0833. The van der Waals surface area contributed by atoms with Gasteiger partial charge in [-0.25, -0.2) is 4.39 Å². The molecule has 7 heteroatoms. The summed E-state index contributed by atoms with van der Waals surface area (Å²) in [5, 5.41) is 7.85. The van der Waals surface area contributed by atoms with Crippen LogP contribution < -0.4 is 5.73 Å². The number of hydrogen-bond acceptors (Lipinski definition) is 5. The van der Waals surface area contributed by atoms with Crippen molar-refractivity contribution in [2.24, 2.45) is 7.05 Å². The van der Waals surface area contributed by atoms with E-state index < -0.39 is 5.82 Å². The summed E-state index contributed by atoms with van der Waals surface area (Å²) >= 11 is 0. The Kier molecular flexibility index (Phi) is 2.52. The Morgan fingerprint density at radius 3 is 2.95 bits per heavy atom. The van der Waals surface area contributed by atoms with Gasteiger partial charge in [0.2, 0.25) is 5.82 Å². The van der Waals surface area contributed by atoms with E-state index in [1.54, 1.807) is 24.1 Å². The van der Waals surface area contributed by atoms with Crippen molar-refractivity contribution in [2.75, 3.05) is 5.73 Å². The molecular weight excluding hydrogens is 249 g/mol. The minimum atomic E-state index is -0.412. The lowest BCUT2D eigenvalue weighted by Crippen LogP contribution is -1.91. The first-order valence-electron chi connectivity index (χ1n) is 5.51. The first-order valence-corrected chi connectivity index (χ1v) is 5.51. The molecule has 96 valence electrons. The number of aromatic nitrogens is 4. The average Bonchev–Trinajstić information content (AvgIpc) is 3.00. The van der Waals surface area contributed by atoms with E-state index in [1.165, 1.54) is 18.2 Å². The van der Waals surface area contributed by atoms with Gasteiger partial charge in [0, 0.05) is 18.9 Å². The normalized spacial score (nSPS) is 10.8. The number of anilines is 1. The van der Waals surface area contributed by atoms with Crippen molar-refractivity contribution in [3.8, 4) is 22.8 Å². The molecule has 0 amide bonds. The quantitative estimate of drug-likeness (QED) is 0.710. The molecule has 2 heterocycles. The van der Waals surface area contributed by atoms with Crippen molar-refractivity contribution in [2.45, 2.75) is 0 Å². The Bertz CT molecular complexity index is 733. The lowest BCUT2D eigenvalue weighted by atomic mass is 10.2. The molecule has 0 aliphatic heterocycles. The number of aryl methyl sites for hydroxylation is 1. The number of halogens is 1. The van der Waals surface area contributed by atoms with E-state index >= 15 is 0 Å². The maximum Gasteiger partial charge on any atom is 0.260 e. The molecule has 3 aromatic rings. The highest BCUT2D eigenvalue weighted by Gasteiger charge is 2.14. The van der Waals surface area contributed by atoms with Crippen LogP contribution in [0.3, 0.4) is 0 Å². The number of nitrogen functional groups attached to an aromatic ring is 1. The zero-order chi connectivity index (χ0) is 13.4. The smallest absolute Gasteiger partial charge is 0.260 e. The number of rotatable bonds is 2. The number of benzene rings is 1. The van der Waals surface area contributed by atoms with Crippen LogP contribution in [0.2, 0.25) is 0 Å². The highest BCUT2D eigenvalue weighted by atomic mass is 19.1. The Balaban J connectivity index is 2.03. The predicted octanol–water partition coefficient (Wildman–Crippen LogP) is 1.86. The molecule has 2 N–H and O–H groups in total. The van der Waals surface area contributed by atoms with Crippen LogP contribution in [0.4, 0.5) is 10.1 Å². The highest BCUT2D eigenvalue weighted by Crippen LogP contribution is 2.27. The molecule has 3 rings (SSSR count). The summed E-state index contributed by atoms with van der Waals surface area (Å²) in [5.74, 6) is 0.146. The minimum Gasteiger partial charge on any atom is -0.398 e. The van der Waals surface area contributed by atoms with Crippen LogP contribution in [-0.2, 0) is 7.05 Å². The van der Waals surface area contributed by atoms with Crippen molar-refractivity contribution >= 4 is 5.69 Å². The van der Waals surface area contributed by atoms with Gasteiger partial charge in [0.1, 0.15) is 5.82 Å². The SMILES string of the molecule is Cn1cc(-c2noc(-c3cc(F)ccc3N)n2)cn1. The van der Waals surface area contributed by atoms with Crippen molar-refractivity contribution < 1.29 is 8.91 Å². The van der Waals surface area contributed by atoms with Gasteiger partial charge in [-0.05, 0) is 18.2 Å². The van der Waals surface area contributed by atoms with Crippen LogP contribution in [0.15, 0.2) is 35.1 Å². The third kappa shape index (κ3) is 2.05. The molecule has 1 aromatic carbocycles. The Morgan fingerprint density at radius 2 is 2.21 bits per heavy atom. The molecular formula is C12H10FN5O. The van der Waals surface area contributed by atoms with Crippen LogP contribution in [-0.4, -0.2) is 19.9 Å². The zero-order valence-electron chi connectivity index (χ0n) is 10.0. The largest absolute Gasteiger partial charge is 0.398 e. The molecule has 0 radical (unpaired) electrons. The van der Waals surface area contributed by atoms with Gasteiger partial charge in [-0.1, -0.05) is 5.16 Å². The Hall–Kier alpha value is -2.70. The Morgan fingerprint density at radius 1 is 1.37 bits per heavy atom. The molecule has 0 bridgehead atoms. The summed E-state index contributed by atoms with van der Waals surface area (Å²) < 4.78 is 19.9. The number of nitrogens with zero attached hydrogens (tertiary/aromatic N) is 4. The summed E-state index contributed by atoms with van der Waals surface area (Å²) in [6.45, 7) is 0. The molecule has 0 unspecified atom stereocenters. The van der Waals surface area contributed by atoms with Gasteiger partial charge < -0.3 is 10.3 Å². The maximum atomic E-state index is 13.2. The molecule has 0 aliphatic rings. The number of hydrogen-bond donors (Lipinski definition) is 1. The van der Waals surface area contributed by atoms with Crippen LogP contribution in [0.1, 0.15) is 0 Å².